The molecule has 0 amide bonds. The Balaban J connectivity index is 1.60. The molecule has 10 heteroatoms. The summed E-state index contributed by atoms with van der Waals surface area (Å²) in [4.78, 5) is -0.304. The molecule has 0 radical (unpaired) electrons. The highest BCUT2D eigenvalue weighted by Gasteiger charge is 2.33. The van der Waals surface area contributed by atoms with Gasteiger partial charge in [-0.25, -0.2) is 8.42 Å². The van der Waals surface area contributed by atoms with Crippen LogP contribution in [0.5, 0.6) is 5.75 Å². The maximum absolute atomic E-state index is 13.1. The van der Waals surface area contributed by atoms with Gasteiger partial charge in [-0.1, -0.05) is 37.6 Å². The Bertz CT molecular complexity index is 1140. The number of aryl methyl sites for hydroxylation is 1. The molecule has 0 spiro atoms. The second-order valence-electron chi connectivity index (χ2n) is 10.6. The molecule has 0 bridgehead atoms. The van der Waals surface area contributed by atoms with Crippen molar-refractivity contribution in [2.45, 2.75) is 75.8 Å². The van der Waals surface area contributed by atoms with E-state index in [-0.39, 0.29) is 23.5 Å². The van der Waals surface area contributed by atoms with Gasteiger partial charge in [-0.05, 0) is 74.3 Å². The largest absolute Gasteiger partial charge is 0.573 e. The van der Waals surface area contributed by atoms with E-state index in [0.717, 1.165) is 29.6 Å². The summed E-state index contributed by atoms with van der Waals surface area (Å²) >= 11 is 0. The van der Waals surface area contributed by atoms with Crippen molar-refractivity contribution in [1.82, 2.24) is 9.62 Å². The molecular formula is C27H37F3N2O4S. The molecule has 3 rings (SSSR count). The van der Waals surface area contributed by atoms with Crippen molar-refractivity contribution < 1.29 is 31.4 Å². The second kappa shape index (κ2) is 11.7. The normalized spacial score (nSPS) is 15.7. The predicted molar refractivity (Wildman–Crippen MR) is 137 cm³/mol. The van der Waals surface area contributed by atoms with E-state index in [1.54, 1.807) is 0 Å². The monoisotopic (exact) mass is 542 g/mol. The number of sulfonamides is 1. The Hall–Kier alpha value is -2.14. The molecule has 2 aromatic carbocycles. The van der Waals surface area contributed by atoms with Crippen LogP contribution < -0.4 is 10.1 Å². The van der Waals surface area contributed by atoms with Crippen LogP contribution in [-0.2, 0) is 29.3 Å². The number of benzene rings is 2. The van der Waals surface area contributed by atoms with E-state index in [1.165, 1.54) is 30.3 Å². The topological polar surface area (TPSA) is 78.9 Å². The molecule has 1 aliphatic rings. The van der Waals surface area contributed by atoms with Gasteiger partial charge in [0.25, 0.3) is 0 Å². The minimum Gasteiger partial charge on any atom is -0.406 e. The molecule has 0 unspecified atom stereocenters. The third-order valence-corrected chi connectivity index (χ3v) is 8.44. The molecule has 206 valence electrons. The second-order valence-corrected chi connectivity index (χ2v) is 12.6. The van der Waals surface area contributed by atoms with Crippen LogP contribution in [0, 0.1) is 5.92 Å². The molecule has 0 fully saturated rings. The van der Waals surface area contributed by atoms with Crippen molar-refractivity contribution in [3.8, 4) is 5.75 Å². The molecular weight excluding hydrogens is 505 g/mol. The van der Waals surface area contributed by atoms with E-state index in [4.69, 9.17) is 0 Å². The van der Waals surface area contributed by atoms with Gasteiger partial charge in [-0.3, -0.25) is 0 Å². The fraction of sp³-hybridized carbons (Fsp3) is 0.556. The van der Waals surface area contributed by atoms with E-state index < -0.39 is 28.2 Å². The van der Waals surface area contributed by atoms with Gasteiger partial charge in [-0.15, -0.1) is 13.2 Å². The van der Waals surface area contributed by atoms with Crippen LogP contribution in [0.2, 0.25) is 0 Å². The molecule has 37 heavy (non-hydrogen) atoms. The third kappa shape index (κ3) is 8.43. The standard InChI is InChI=1S/C27H37F3N2O4S/c1-5-8-19-13-24(36-27(28,29)30)15-25(14-19)37(34,35)32(4)18-23(33)17-31-26(2,3)16-20-11-21-9-6-7-10-22(21)12-20/h6-7,9-10,13-15,20,23,31,33H,5,8,11-12,16-18H2,1-4H3/t23-/m1/s1. The van der Waals surface area contributed by atoms with Crippen molar-refractivity contribution in [1.29, 1.82) is 0 Å². The van der Waals surface area contributed by atoms with Crippen LogP contribution in [-0.4, -0.2) is 56.0 Å². The molecule has 1 aliphatic carbocycles. The number of hydrogen-bond donors (Lipinski definition) is 2. The number of rotatable bonds is 12. The van der Waals surface area contributed by atoms with Gasteiger partial charge in [0.2, 0.25) is 10.0 Å². The fourth-order valence-corrected chi connectivity index (χ4v) is 6.32. The van der Waals surface area contributed by atoms with Gasteiger partial charge >= 0.3 is 6.36 Å². The Morgan fingerprint density at radius 1 is 1.14 bits per heavy atom. The number of β-amino-alcohol motifs (C(OH)–C–C–N with tert-alkyl or cyclic N) is 1. The number of aliphatic hydroxyl groups is 1. The smallest absolute Gasteiger partial charge is 0.406 e. The zero-order chi connectivity index (χ0) is 27.4. The highest BCUT2D eigenvalue weighted by molar-refractivity contribution is 7.89. The van der Waals surface area contributed by atoms with Crippen LogP contribution in [0.1, 0.15) is 50.3 Å². The lowest BCUT2D eigenvalue weighted by Gasteiger charge is -2.31. The highest BCUT2D eigenvalue weighted by atomic mass is 32.2. The Morgan fingerprint density at radius 3 is 2.32 bits per heavy atom. The van der Waals surface area contributed by atoms with Crippen molar-refractivity contribution >= 4 is 10.0 Å². The SMILES string of the molecule is CCCc1cc(OC(F)(F)F)cc(S(=O)(=O)N(C)C[C@H](O)CNC(C)(C)CC2Cc3ccccc3C2)c1. The number of halogens is 3. The summed E-state index contributed by atoms with van der Waals surface area (Å²) in [6.45, 7) is 5.92. The molecule has 0 aliphatic heterocycles. The first-order chi connectivity index (χ1) is 17.2. The van der Waals surface area contributed by atoms with Crippen LogP contribution in [0.3, 0.4) is 0 Å². The number of nitrogens with one attached hydrogen (secondary N) is 1. The minimum atomic E-state index is -4.94. The molecule has 0 saturated heterocycles. The number of alkyl halides is 3. The number of likely N-dealkylation sites (N-methyl/N-ethyl adjacent to an activating group) is 1. The summed E-state index contributed by atoms with van der Waals surface area (Å²) in [5.74, 6) is -0.0907. The van der Waals surface area contributed by atoms with Crippen LogP contribution in [0.25, 0.3) is 0 Å². The molecule has 6 nitrogen and oxygen atoms in total. The van der Waals surface area contributed by atoms with Crippen molar-refractivity contribution in [2.24, 2.45) is 5.92 Å². The summed E-state index contributed by atoms with van der Waals surface area (Å²) in [5.41, 5.74) is 2.90. The lowest BCUT2D eigenvalue weighted by atomic mass is 9.88. The number of ether oxygens (including phenoxy) is 1. The Kier molecular flexibility index (Phi) is 9.32. The Morgan fingerprint density at radius 2 is 1.76 bits per heavy atom. The van der Waals surface area contributed by atoms with Gasteiger partial charge in [0.05, 0.1) is 11.0 Å². The van der Waals surface area contributed by atoms with Crippen molar-refractivity contribution in [3.05, 3.63) is 59.2 Å². The minimum absolute atomic E-state index is 0.171. The summed E-state index contributed by atoms with van der Waals surface area (Å²) in [6.07, 6.45) is -2.00. The molecule has 0 heterocycles. The van der Waals surface area contributed by atoms with Gasteiger partial charge in [-0.2, -0.15) is 4.31 Å². The highest BCUT2D eigenvalue weighted by Crippen LogP contribution is 2.32. The van der Waals surface area contributed by atoms with E-state index >= 15 is 0 Å². The number of hydrogen-bond acceptors (Lipinski definition) is 5. The van der Waals surface area contributed by atoms with Gasteiger partial charge in [0, 0.05) is 31.7 Å². The summed E-state index contributed by atoms with van der Waals surface area (Å²) in [5, 5.41) is 14.0. The van der Waals surface area contributed by atoms with Crippen molar-refractivity contribution in [3.63, 3.8) is 0 Å². The lowest BCUT2D eigenvalue weighted by Crippen LogP contribution is -2.47. The third-order valence-electron chi connectivity index (χ3n) is 6.64. The first kappa shape index (κ1) is 29.4. The van der Waals surface area contributed by atoms with E-state index in [0.29, 0.717) is 24.3 Å². The average molecular weight is 543 g/mol. The number of fused-ring (bicyclic) bond motifs is 1. The van der Waals surface area contributed by atoms with Crippen LogP contribution in [0.15, 0.2) is 47.4 Å². The maximum atomic E-state index is 13.1. The van der Waals surface area contributed by atoms with E-state index in [9.17, 15) is 26.7 Å². The molecule has 0 aromatic heterocycles. The molecule has 2 aromatic rings. The van der Waals surface area contributed by atoms with Gasteiger partial charge in [0.15, 0.2) is 0 Å². The number of nitrogens with zero attached hydrogens (tertiary/aromatic N) is 1. The fourth-order valence-electron chi connectivity index (χ4n) is 5.03. The van der Waals surface area contributed by atoms with Gasteiger partial charge in [0.1, 0.15) is 5.75 Å². The quantitative estimate of drug-likeness (QED) is 0.407. The number of aliphatic hydroxyl groups excluding tert-OH is 1. The molecule has 0 saturated carbocycles. The van der Waals surface area contributed by atoms with Crippen LogP contribution in [0.4, 0.5) is 13.2 Å². The first-order valence-corrected chi connectivity index (χ1v) is 14.0. The summed E-state index contributed by atoms with van der Waals surface area (Å²) in [6, 6.07) is 11.8. The van der Waals surface area contributed by atoms with Crippen LogP contribution >= 0.6 is 0 Å². The molecule has 2 N–H and O–H groups in total. The zero-order valence-corrected chi connectivity index (χ0v) is 22.6. The zero-order valence-electron chi connectivity index (χ0n) is 21.8. The Labute approximate surface area is 217 Å². The van der Waals surface area contributed by atoms with E-state index in [1.807, 2.05) is 6.92 Å². The maximum Gasteiger partial charge on any atom is 0.573 e. The first-order valence-electron chi connectivity index (χ1n) is 12.5. The molecule has 1 atom stereocenters. The predicted octanol–water partition coefficient (Wildman–Crippen LogP) is 4.69. The summed E-state index contributed by atoms with van der Waals surface area (Å²) < 4.78 is 69.6. The average Bonchev–Trinajstić information content (AvgIpc) is 3.18. The van der Waals surface area contributed by atoms with E-state index in [2.05, 4.69) is 48.2 Å². The summed E-state index contributed by atoms with van der Waals surface area (Å²) in [7, 11) is -2.86. The van der Waals surface area contributed by atoms with Crippen molar-refractivity contribution in [2.75, 3.05) is 20.1 Å². The lowest BCUT2D eigenvalue weighted by molar-refractivity contribution is -0.274. The van der Waals surface area contributed by atoms with Gasteiger partial charge < -0.3 is 15.2 Å².